The third-order valence-corrected chi connectivity index (χ3v) is 1.92. The SMILES string of the molecule is CNCCCN(C)c1ncc(N)cn1. The van der Waals surface area contributed by atoms with Crippen LogP contribution in [0.25, 0.3) is 0 Å². The van der Waals surface area contributed by atoms with Gasteiger partial charge < -0.3 is 16.0 Å². The molecule has 0 aliphatic carbocycles. The van der Waals surface area contributed by atoms with Crippen molar-refractivity contribution in [1.82, 2.24) is 15.3 Å². The predicted molar refractivity (Wildman–Crippen MR) is 58.3 cm³/mol. The zero-order valence-electron chi connectivity index (χ0n) is 8.70. The minimum Gasteiger partial charge on any atom is -0.396 e. The monoisotopic (exact) mass is 195 g/mol. The number of nitrogens with two attached hydrogens (primary N) is 1. The van der Waals surface area contributed by atoms with E-state index in [1.165, 1.54) is 0 Å². The highest BCUT2D eigenvalue weighted by atomic mass is 15.2. The van der Waals surface area contributed by atoms with Crippen LogP contribution in [-0.2, 0) is 0 Å². The molecule has 0 saturated carbocycles. The second-order valence-electron chi connectivity index (χ2n) is 3.20. The van der Waals surface area contributed by atoms with E-state index in [2.05, 4.69) is 15.3 Å². The van der Waals surface area contributed by atoms with Crippen LogP contribution < -0.4 is 16.0 Å². The van der Waals surface area contributed by atoms with Crippen molar-refractivity contribution in [3.63, 3.8) is 0 Å². The van der Waals surface area contributed by atoms with Gasteiger partial charge in [0.25, 0.3) is 0 Å². The third-order valence-electron chi connectivity index (χ3n) is 1.92. The lowest BCUT2D eigenvalue weighted by molar-refractivity contribution is 0.704. The molecule has 0 unspecified atom stereocenters. The molecule has 0 spiro atoms. The Morgan fingerprint density at radius 1 is 1.43 bits per heavy atom. The number of nitrogen functional groups attached to an aromatic ring is 1. The molecule has 1 aromatic rings. The molecule has 0 aliphatic heterocycles. The molecular formula is C9H17N5. The van der Waals surface area contributed by atoms with E-state index in [1.54, 1.807) is 12.4 Å². The van der Waals surface area contributed by atoms with Crippen molar-refractivity contribution in [3.8, 4) is 0 Å². The van der Waals surface area contributed by atoms with Crippen LogP contribution in [0.5, 0.6) is 0 Å². The van der Waals surface area contributed by atoms with E-state index in [9.17, 15) is 0 Å². The molecule has 78 valence electrons. The summed E-state index contributed by atoms with van der Waals surface area (Å²) < 4.78 is 0. The Morgan fingerprint density at radius 3 is 2.64 bits per heavy atom. The highest BCUT2D eigenvalue weighted by molar-refractivity contribution is 5.37. The summed E-state index contributed by atoms with van der Waals surface area (Å²) in [7, 11) is 3.92. The summed E-state index contributed by atoms with van der Waals surface area (Å²) in [5.74, 6) is 0.718. The lowest BCUT2D eigenvalue weighted by Gasteiger charge is -2.16. The van der Waals surface area contributed by atoms with E-state index in [0.717, 1.165) is 25.5 Å². The normalized spacial score (nSPS) is 10.1. The van der Waals surface area contributed by atoms with E-state index in [0.29, 0.717) is 5.69 Å². The highest BCUT2D eigenvalue weighted by Crippen LogP contribution is 2.05. The highest BCUT2D eigenvalue weighted by Gasteiger charge is 2.02. The summed E-state index contributed by atoms with van der Waals surface area (Å²) >= 11 is 0. The van der Waals surface area contributed by atoms with Gasteiger partial charge in [0.1, 0.15) is 0 Å². The van der Waals surface area contributed by atoms with Crippen LogP contribution in [0.15, 0.2) is 12.4 Å². The molecule has 0 aliphatic rings. The van der Waals surface area contributed by atoms with Crippen LogP contribution in [0.2, 0.25) is 0 Å². The summed E-state index contributed by atoms with van der Waals surface area (Å²) in [6.45, 7) is 1.93. The molecule has 0 fully saturated rings. The maximum absolute atomic E-state index is 5.49. The first-order valence-electron chi connectivity index (χ1n) is 4.67. The van der Waals surface area contributed by atoms with Gasteiger partial charge in [-0.1, -0.05) is 0 Å². The lowest BCUT2D eigenvalue weighted by atomic mass is 10.4. The maximum atomic E-state index is 5.49. The molecule has 0 saturated heterocycles. The van der Waals surface area contributed by atoms with Crippen molar-refractivity contribution in [2.75, 3.05) is 37.8 Å². The van der Waals surface area contributed by atoms with Gasteiger partial charge in [0.15, 0.2) is 0 Å². The first-order chi connectivity index (χ1) is 6.74. The van der Waals surface area contributed by atoms with Crippen LogP contribution >= 0.6 is 0 Å². The van der Waals surface area contributed by atoms with Gasteiger partial charge in [-0.05, 0) is 20.0 Å². The van der Waals surface area contributed by atoms with Crippen molar-refractivity contribution in [2.24, 2.45) is 0 Å². The first kappa shape index (κ1) is 10.7. The molecule has 0 amide bonds. The van der Waals surface area contributed by atoms with E-state index in [-0.39, 0.29) is 0 Å². The Hall–Kier alpha value is -1.36. The standard InChI is InChI=1S/C9H17N5/c1-11-4-3-5-14(2)9-12-6-8(10)7-13-9/h6-7,11H,3-5,10H2,1-2H3. The maximum Gasteiger partial charge on any atom is 0.225 e. The van der Waals surface area contributed by atoms with Crippen molar-refractivity contribution < 1.29 is 0 Å². The van der Waals surface area contributed by atoms with Crippen LogP contribution in [-0.4, -0.2) is 37.2 Å². The van der Waals surface area contributed by atoms with Gasteiger partial charge in [0.2, 0.25) is 5.95 Å². The Labute approximate surface area is 84.3 Å². The molecule has 1 heterocycles. The van der Waals surface area contributed by atoms with Gasteiger partial charge in [0.05, 0.1) is 18.1 Å². The molecule has 0 atom stereocenters. The van der Waals surface area contributed by atoms with Crippen LogP contribution in [0.1, 0.15) is 6.42 Å². The number of nitrogens with one attached hydrogen (secondary N) is 1. The second-order valence-corrected chi connectivity index (χ2v) is 3.20. The molecular weight excluding hydrogens is 178 g/mol. The summed E-state index contributed by atoms with van der Waals surface area (Å²) in [4.78, 5) is 10.3. The second kappa shape index (κ2) is 5.39. The summed E-state index contributed by atoms with van der Waals surface area (Å²) in [5.41, 5.74) is 6.09. The van der Waals surface area contributed by atoms with E-state index in [1.807, 2.05) is 19.0 Å². The van der Waals surface area contributed by atoms with Gasteiger partial charge in [-0.2, -0.15) is 0 Å². The topological polar surface area (TPSA) is 67.1 Å². The molecule has 0 radical (unpaired) electrons. The van der Waals surface area contributed by atoms with Gasteiger partial charge in [-0.25, -0.2) is 9.97 Å². The first-order valence-corrected chi connectivity index (χ1v) is 4.67. The molecule has 1 aromatic heterocycles. The van der Waals surface area contributed by atoms with E-state index >= 15 is 0 Å². The fourth-order valence-electron chi connectivity index (χ4n) is 1.12. The average Bonchev–Trinajstić information content (AvgIpc) is 2.19. The van der Waals surface area contributed by atoms with Crippen molar-refractivity contribution >= 4 is 11.6 Å². The Balaban J connectivity index is 2.43. The molecule has 5 nitrogen and oxygen atoms in total. The van der Waals surface area contributed by atoms with Crippen LogP contribution in [0.4, 0.5) is 11.6 Å². The fraction of sp³-hybridized carbons (Fsp3) is 0.556. The molecule has 1 rings (SSSR count). The number of rotatable bonds is 5. The molecule has 14 heavy (non-hydrogen) atoms. The quantitative estimate of drug-likeness (QED) is 0.652. The van der Waals surface area contributed by atoms with E-state index < -0.39 is 0 Å². The summed E-state index contributed by atoms with van der Waals surface area (Å²) in [6.07, 6.45) is 4.31. The zero-order valence-corrected chi connectivity index (χ0v) is 8.70. The smallest absolute Gasteiger partial charge is 0.225 e. The van der Waals surface area contributed by atoms with E-state index in [4.69, 9.17) is 5.73 Å². The van der Waals surface area contributed by atoms with Gasteiger partial charge >= 0.3 is 0 Å². The fourth-order valence-corrected chi connectivity index (χ4v) is 1.12. The summed E-state index contributed by atoms with van der Waals surface area (Å²) in [6, 6.07) is 0. The average molecular weight is 195 g/mol. The van der Waals surface area contributed by atoms with Crippen LogP contribution in [0, 0.1) is 0 Å². The van der Waals surface area contributed by atoms with Gasteiger partial charge in [-0.15, -0.1) is 0 Å². The lowest BCUT2D eigenvalue weighted by Crippen LogP contribution is -2.23. The molecule has 3 N–H and O–H groups in total. The largest absolute Gasteiger partial charge is 0.396 e. The predicted octanol–water partition coefficient (Wildman–Crippen LogP) is 0.104. The summed E-state index contributed by atoms with van der Waals surface area (Å²) in [5, 5.41) is 3.10. The molecule has 5 heteroatoms. The van der Waals surface area contributed by atoms with Crippen molar-refractivity contribution in [1.29, 1.82) is 0 Å². The Morgan fingerprint density at radius 2 is 2.07 bits per heavy atom. The third kappa shape index (κ3) is 3.18. The molecule has 0 bridgehead atoms. The van der Waals surface area contributed by atoms with Crippen molar-refractivity contribution in [3.05, 3.63) is 12.4 Å². The number of anilines is 2. The van der Waals surface area contributed by atoms with Gasteiger partial charge in [0, 0.05) is 13.6 Å². The number of hydrogen-bond donors (Lipinski definition) is 2. The Bertz CT molecular complexity index is 258. The van der Waals surface area contributed by atoms with Crippen LogP contribution in [0.3, 0.4) is 0 Å². The van der Waals surface area contributed by atoms with Gasteiger partial charge in [-0.3, -0.25) is 0 Å². The number of hydrogen-bond acceptors (Lipinski definition) is 5. The number of nitrogens with zero attached hydrogens (tertiary/aromatic N) is 3. The molecule has 0 aromatic carbocycles. The zero-order chi connectivity index (χ0) is 10.4. The Kier molecular flexibility index (Phi) is 4.12. The van der Waals surface area contributed by atoms with Crippen molar-refractivity contribution in [2.45, 2.75) is 6.42 Å². The minimum absolute atomic E-state index is 0.595. The minimum atomic E-state index is 0.595. The number of aromatic nitrogens is 2.